The van der Waals surface area contributed by atoms with Crippen LogP contribution in [0.3, 0.4) is 0 Å². The zero-order chi connectivity index (χ0) is 23.2. The van der Waals surface area contributed by atoms with Gasteiger partial charge in [0.15, 0.2) is 4.91 Å². The van der Waals surface area contributed by atoms with Crippen LogP contribution in [-0.4, -0.2) is 39.5 Å². The summed E-state index contributed by atoms with van der Waals surface area (Å²) in [6.07, 6.45) is 9.49. The van der Waals surface area contributed by atoms with E-state index in [1.165, 1.54) is 24.3 Å². The molecule has 1 amide bonds. The summed E-state index contributed by atoms with van der Waals surface area (Å²) in [6.45, 7) is 13.4. The quantitative estimate of drug-likeness (QED) is 0.396. The summed E-state index contributed by atoms with van der Waals surface area (Å²) in [7, 11) is -5.97. The van der Waals surface area contributed by atoms with E-state index in [0.29, 0.717) is 23.4 Å². The molecule has 2 heterocycles. The smallest absolute Gasteiger partial charge is 0.289 e. The highest BCUT2D eigenvalue weighted by molar-refractivity contribution is 7.94. The summed E-state index contributed by atoms with van der Waals surface area (Å²) in [5.41, 5.74) is -0.00497. The Balaban J connectivity index is 2.10. The van der Waals surface area contributed by atoms with Gasteiger partial charge >= 0.3 is 0 Å². The molecule has 1 aliphatic heterocycles. The largest absolute Gasteiger partial charge is 0.351 e. The molecule has 31 heavy (non-hydrogen) atoms. The molecule has 2 aliphatic rings. The van der Waals surface area contributed by atoms with Crippen molar-refractivity contribution in [3.63, 3.8) is 0 Å². The van der Waals surface area contributed by atoms with E-state index in [1.54, 1.807) is 6.07 Å². The minimum absolute atomic E-state index is 0.00335. The topological polar surface area (TPSA) is 79.4 Å². The number of pyridine rings is 1. The first-order valence-electron chi connectivity index (χ1n) is 10.2. The molecule has 166 valence electrons. The number of anilines is 1. The Morgan fingerprint density at radius 1 is 1.35 bits per heavy atom. The van der Waals surface area contributed by atoms with E-state index in [-0.39, 0.29) is 16.0 Å². The van der Waals surface area contributed by atoms with E-state index in [2.05, 4.69) is 61.1 Å². The van der Waals surface area contributed by atoms with Crippen molar-refractivity contribution in [1.82, 2.24) is 9.71 Å². The molecule has 1 saturated heterocycles. The maximum atomic E-state index is 13.3. The number of halogens is 1. The zero-order valence-corrected chi connectivity index (χ0v) is 21.4. The van der Waals surface area contributed by atoms with Gasteiger partial charge in [0.2, 0.25) is 0 Å². The van der Waals surface area contributed by atoms with Crippen molar-refractivity contribution >= 4 is 46.6 Å². The fourth-order valence-electron chi connectivity index (χ4n) is 4.13. The average Bonchev–Trinajstić information content (AvgIpc) is 2.92. The second-order valence-corrected chi connectivity index (χ2v) is 16.9. The van der Waals surface area contributed by atoms with Crippen molar-refractivity contribution in [2.45, 2.75) is 52.4 Å². The van der Waals surface area contributed by atoms with Crippen molar-refractivity contribution in [3.05, 3.63) is 52.1 Å². The number of hydrogen-bond acceptors (Lipinski definition) is 5. The van der Waals surface area contributed by atoms with Crippen molar-refractivity contribution in [1.29, 1.82) is 0 Å². The highest BCUT2D eigenvalue weighted by Crippen LogP contribution is 2.38. The van der Waals surface area contributed by atoms with Gasteiger partial charge in [-0.2, -0.15) is 8.42 Å². The Hall–Kier alpha value is -1.99. The molecule has 3 rings (SSSR count). The van der Waals surface area contributed by atoms with E-state index in [1.807, 2.05) is 0 Å². The first-order chi connectivity index (χ1) is 14.2. The third-order valence-corrected chi connectivity index (χ3v) is 9.35. The lowest BCUT2D eigenvalue weighted by Gasteiger charge is -2.34. The second-order valence-electron chi connectivity index (χ2n) is 9.85. The first-order valence-corrected chi connectivity index (χ1v) is 15.6. The number of nitrogens with zero attached hydrogens (tertiary/aromatic N) is 2. The molecule has 1 N–H and O–H groups in total. The van der Waals surface area contributed by atoms with Crippen LogP contribution in [0, 0.1) is 12.0 Å². The Labute approximate surface area is 191 Å². The van der Waals surface area contributed by atoms with E-state index in [9.17, 15) is 13.2 Å². The molecule has 0 saturated carbocycles. The van der Waals surface area contributed by atoms with Crippen molar-refractivity contribution in [2.24, 2.45) is 5.92 Å². The van der Waals surface area contributed by atoms with Gasteiger partial charge in [-0.3, -0.25) is 4.79 Å². The number of carbonyl (C=O) groups excluding carboxylic acids is 1. The monoisotopic (exact) mass is 478 g/mol. The molecular formula is C22H29ClN3O3SSi+. The summed E-state index contributed by atoms with van der Waals surface area (Å²) < 4.78 is 27.8. The van der Waals surface area contributed by atoms with Crippen LogP contribution in [0.5, 0.6) is 0 Å². The molecule has 1 aliphatic carbocycles. The molecule has 0 unspecified atom stereocenters. The van der Waals surface area contributed by atoms with E-state index < -0.39 is 24.0 Å². The summed E-state index contributed by atoms with van der Waals surface area (Å²) in [4.78, 5) is 20.0. The predicted octanol–water partition coefficient (Wildman–Crippen LogP) is 3.78. The van der Waals surface area contributed by atoms with Crippen molar-refractivity contribution in [3.8, 4) is 0 Å². The normalized spacial score (nSPS) is 20.4. The van der Waals surface area contributed by atoms with Gasteiger partial charge in [-0.15, -0.1) is 0 Å². The number of aromatic nitrogens is 1. The standard InChI is InChI=1S/C22H28ClN3O3SSi/c1-15-13-22(2,3)26(14-15)20-17(12-18(19(23)24-20)31(4,5)6)21(27)25-30(28,29)16-10-8-7-9-11-16/h8-12,15H,13-14H2,1-6H3/p+1/t15-/m0/s1. The number of nitrogens with one attached hydrogen (secondary N) is 1. The van der Waals surface area contributed by atoms with Crippen LogP contribution in [0.4, 0.5) is 5.82 Å². The lowest BCUT2D eigenvalue weighted by Crippen LogP contribution is -2.44. The van der Waals surface area contributed by atoms with Gasteiger partial charge in [-0.25, -0.2) is 9.71 Å². The Bertz CT molecular complexity index is 1100. The third kappa shape index (κ3) is 4.93. The molecule has 0 aromatic carbocycles. The van der Waals surface area contributed by atoms with Gasteiger partial charge in [0.25, 0.3) is 15.9 Å². The van der Waals surface area contributed by atoms with E-state index in [4.69, 9.17) is 11.6 Å². The first kappa shape index (κ1) is 23.7. The molecular weight excluding hydrogens is 450 g/mol. The lowest BCUT2D eigenvalue weighted by molar-refractivity contribution is 0.0982. The van der Waals surface area contributed by atoms with Crippen LogP contribution in [0.25, 0.3) is 0 Å². The van der Waals surface area contributed by atoms with Crippen LogP contribution < -0.4 is 14.8 Å². The van der Waals surface area contributed by atoms with Crippen LogP contribution in [-0.2, 0) is 10.0 Å². The maximum Gasteiger partial charge on any atom is 0.289 e. The molecule has 0 bridgehead atoms. The summed E-state index contributed by atoms with van der Waals surface area (Å²) >= 11 is 6.57. The van der Waals surface area contributed by atoms with E-state index in [0.717, 1.165) is 11.6 Å². The molecule has 0 spiro atoms. The number of sulfonamides is 1. The minimum atomic E-state index is -4.03. The lowest BCUT2D eigenvalue weighted by atomic mass is 9.97. The van der Waals surface area contributed by atoms with Gasteiger partial charge in [-0.1, -0.05) is 38.2 Å². The highest BCUT2D eigenvalue weighted by Gasteiger charge is 2.40. The number of allylic oxidation sites excluding steroid dienone is 5. The van der Waals surface area contributed by atoms with E-state index >= 15 is 0 Å². The second kappa shape index (κ2) is 8.17. The molecule has 1 atom stereocenters. The molecule has 1 aromatic rings. The summed E-state index contributed by atoms with van der Waals surface area (Å²) in [5, 5.41) is 1.20. The SMILES string of the molecule is C[C@@H]1CN(c2nc(Cl)c([Si](C)(C)C)cc2C(=O)NS(=O)(=O)C2=CC=[C+]C=C2)C(C)(C)C1. The van der Waals surface area contributed by atoms with Gasteiger partial charge in [-0.05, 0) is 37.4 Å². The van der Waals surface area contributed by atoms with Crippen LogP contribution in [0.15, 0.2) is 35.3 Å². The molecule has 1 aromatic heterocycles. The van der Waals surface area contributed by atoms with Gasteiger partial charge in [0.1, 0.15) is 23.1 Å². The van der Waals surface area contributed by atoms with Gasteiger partial charge < -0.3 is 4.90 Å². The Kier molecular flexibility index (Phi) is 6.24. The summed E-state index contributed by atoms with van der Waals surface area (Å²) in [6, 6.07) is 1.74. The van der Waals surface area contributed by atoms with Crippen LogP contribution in [0.2, 0.25) is 24.8 Å². The fraction of sp³-hybridized carbons (Fsp3) is 0.455. The molecule has 6 nitrogen and oxygen atoms in total. The molecule has 1 fully saturated rings. The van der Waals surface area contributed by atoms with Crippen molar-refractivity contribution in [2.75, 3.05) is 11.4 Å². The maximum absolute atomic E-state index is 13.3. The number of amides is 1. The van der Waals surface area contributed by atoms with Crippen LogP contribution >= 0.6 is 11.6 Å². The number of carbonyl (C=O) groups is 1. The van der Waals surface area contributed by atoms with Crippen molar-refractivity contribution < 1.29 is 13.2 Å². The predicted molar refractivity (Wildman–Crippen MR) is 129 cm³/mol. The Morgan fingerprint density at radius 3 is 2.55 bits per heavy atom. The fourth-order valence-corrected chi connectivity index (χ4v) is 7.33. The van der Waals surface area contributed by atoms with Gasteiger partial charge in [0, 0.05) is 18.2 Å². The summed E-state index contributed by atoms with van der Waals surface area (Å²) in [5.74, 6) is 0.129. The number of rotatable bonds is 5. The highest BCUT2D eigenvalue weighted by atomic mass is 35.5. The minimum Gasteiger partial charge on any atom is -0.351 e. The third-order valence-electron chi connectivity index (χ3n) is 5.56. The number of hydrogen-bond donors (Lipinski definition) is 1. The Morgan fingerprint density at radius 2 is 2.03 bits per heavy atom. The average molecular weight is 479 g/mol. The molecule has 9 heteroatoms. The van der Waals surface area contributed by atoms with Crippen LogP contribution in [0.1, 0.15) is 37.6 Å². The van der Waals surface area contributed by atoms with Gasteiger partial charge in [0.05, 0.1) is 25.8 Å². The molecule has 0 radical (unpaired) electrons. The zero-order valence-electron chi connectivity index (χ0n) is 18.8.